The molecular formula is C17H12ClF4N3O2. The molecule has 0 aromatic heterocycles. The van der Waals surface area contributed by atoms with Crippen molar-refractivity contribution < 1.29 is 27.2 Å². The molecule has 1 saturated heterocycles. The molecule has 0 atom stereocenters. The van der Waals surface area contributed by atoms with E-state index in [2.05, 4.69) is 10.6 Å². The minimum absolute atomic E-state index is 0.116. The number of carbonyl (C=O) groups is 2. The van der Waals surface area contributed by atoms with Crippen LogP contribution in [-0.4, -0.2) is 31.4 Å². The van der Waals surface area contributed by atoms with Gasteiger partial charge in [0.25, 0.3) is 5.91 Å². The number of halogens is 5. The monoisotopic (exact) mass is 401 g/mol. The molecule has 0 saturated carbocycles. The van der Waals surface area contributed by atoms with Crippen LogP contribution in [-0.2, 0) is 4.79 Å². The van der Waals surface area contributed by atoms with Gasteiger partial charge in [0, 0.05) is 18.8 Å². The van der Waals surface area contributed by atoms with Crippen LogP contribution < -0.4 is 15.5 Å². The molecule has 5 nitrogen and oxygen atoms in total. The van der Waals surface area contributed by atoms with Gasteiger partial charge in [0.2, 0.25) is 5.91 Å². The fourth-order valence-corrected chi connectivity index (χ4v) is 2.92. The molecule has 0 aliphatic carbocycles. The normalized spacial score (nSPS) is 14.1. The second kappa shape index (κ2) is 7.43. The molecule has 0 radical (unpaired) electrons. The number of nitrogens with zero attached hydrogens (tertiary/aromatic N) is 1. The smallest absolute Gasteiger partial charge is 0.258 e. The lowest BCUT2D eigenvalue weighted by molar-refractivity contribution is -0.120. The van der Waals surface area contributed by atoms with Crippen molar-refractivity contribution in [2.24, 2.45) is 0 Å². The van der Waals surface area contributed by atoms with Gasteiger partial charge >= 0.3 is 0 Å². The van der Waals surface area contributed by atoms with Gasteiger partial charge < -0.3 is 15.5 Å². The Kier molecular flexibility index (Phi) is 5.22. The van der Waals surface area contributed by atoms with Crippen molar-refractivity contribution in [2.45, 2.75) is 0 Å². The Morgan fingerprint density at radius 1 is 1.11 bits per heavy atom. The van der Waals surface area contributed by atoms with E-state index in [-0.39, 0.29) is 29.2 Å². The van der Waals surface area contributed by atoms with Gasteiger partial charge in [-0.3, -0.25) is 9.59 Å². The fourth-order valence-electron chi connectivity index (χ4n) is 2.62. The Morgan fingerprint density at radius 2 is 1.85 bits per heavy atom. The average Bonchev–Trinajstić information content (AvgIpc) is 2.63. The molecule has 2 N–H and O–H groups in total. The van der Waals surface area contributed by atoms with Crippen LogP contribution in [0, 0.1) is 23.3 Å². The Labute approximate surface area is 155 Å². The summed E-state index contributed by atoms with van der Waals surface area (Å²) in [6.45, 7) is 1.11. The Hall–Kier alpha value is -2.81. The van der Waals surface area contributed by atoms with Crippen molar-refractivity contribution in [3.8, 4) is 0 Å². The highest BCUT2D eigenvalue weighted by molar-refractivity contribution is 6.33. The van der Waals surface area contributed by atoms with Crippen LogP contribution in [0.25, 0.3) is 0 Å². The van der Waals surface area contributed by atoms with E-state index in [1.54, 1.807) is 11.0 Å². The zero-order valence-corrected chi connectivity index (χ0v) is 14.3. The van der Waals surface area contributed by atoms with Crippen LogP contribution in [0.5, 0.6) is 0 Å². The van der Waals surface area contributed by atoms with Gasteiger partial charge in [-0.25, -0.2) is 17.6 Å². The second-order valence-electron chi connectivity index (χ2n) is 5.74. The zero-order valence-electron chi connectivity index (χ0n) is 13.6. The van der Waals surface area contributed by atoms with E-state index >= 15 is 0 Å². The number of amides is 2. The maximum Gasteiger partial charge on any atom is 0.258 e. The molecule has 10 heteroatoms. The first kappa shape index (κ1) is 19.0. The summed E-state index contributed by atoms with van der Waals surface area (Å²) in [5.41, 5.74) is -0.311. The molecule has 2 aromatic carbocycles. The molecule has 0 spiro atoms. The second-order valence-corrected chi connectivity index (χ2v) is 6.15. The Balaban J connectivity index is 1.81. The van der Waals surface area contributed by atoms with E-state index < -0.39 is 34.7 Å². The first-order valence-electron chi connectivity index (χ1n) is 7.73. The summed E-state index contributed by atoms with van der Waals surface area (Å²) in [5, 5.41) is 5.11. The van der Waals surface area contributed by atoms with E-state index in [9.17, 15) is 27.2 Å². The molecular weight excluding hydrogens is 390 g/mol. The largest absolute Gasteiger partial charge is 0.359 e. The van der Waals surface area contributed by atoms with Crippen LogP contribution in [0.3, 0.4) is 0 Å². The maximum atomic E-state index is 13.7. The minimum atomic E-state index is -2.07. The summed E-state index contributed by atoms with van der Waals surface area (Å²) in [7, 11) is 0. The van der Waals surface area contributed by atoms with Crippen LogP contribution in [0.15, 0.2) is 24.3 Å². The summed E-state index contributed by atoms with van der Waals surface area (Å²) in [6, 6.07) is 4.58. The van der Waals surface area contributed by atoms with Crippen molar-refractivity contribution >= 4 is 34.8 Å². The Morgan fingerprint density at radius 3 is 2.52 bits per heavy atom. The van der Waals surface area contributed by atoms with E-state index in [4.69, 9.17) is 11.6 Å². The molecule has 1 heterocycles. The zero-order chi connectivity index (χ0) is 19.7. The standard InChI is InChI=1S/C17H12ClF4N3O2/c18-10-5-8(1-2-12(10)25-4-3-23-13(26)7-25)24-17(27)9-6-11(19)15(21)16(22)14(9)20/h1-2,5-6H,3-4,7H2,(H,23,26)(H,24,27). The Bertz CT molecular complexity index is 939. The van der Waals surface area contributed by atoms with Gasteiger partial charge in [0.15, 0.2) is 23.3 Å². The lowest BCUT2D eigenvalue weighted by Crippen LogP contribution is -2.47. The molecule has 27 heavy (non-hydrogen) atoms. The summed E-state index contributed by atoms with van der Waals surface area (Å²) >= 11 is 6.17. The number of hydrogen-bond donors (Lipinski definition) is 2. The van der Waals surface area contributed by atoms with E-state index in [1.165, 1.54) is 12.1 Å². The maximum absolute atomic E-state index is 13.7. The minimum Gasteiger partial charge on any atom is -0.359 e. The molecule has 1 aliphatic rings. The predicted molar refractivity (Wildman–Crippen MR) is 90.9 cm³/mol. The molecule has 1 fully saturated rings. The van der Waals surface area contributed by atoms with Crippen LogP contribution >= 0.6 is 11.6 Å². The summed E-state index contributed by atoms with van der Waals surface area (Å²) in [5.74, 6) is -8.89. The quantitative estimate of drug-likeness (QED) is 0.472. The molecule has 1 aliphatic heterocycles. The number of hydrogen-bond acceptors (Lipinski definition) is 3. The summed E-state index contributed by atoms with van der Waals surface area (Å²) in [6.07, 6.45) is 0. The van der Waals surface area contributed by atoms with Crippen molar-refractivity contribution in [1.29, 1.82) is 0 Å². The third-order valence-corrected chi connectivity index (χ3v) is 4.23. The third kappa shape index (κ3) is 3.82. The van der Waals surface area contributed by atoms with E-state index in [1.807, 2.05) is 0 Å². The highest BCUT2D eigenvalue weighted by Crippen LogP contribution is 2.29. The highest BCUT2D eigenvalue weighted by Gasteiger charge is 2.24. The average molecular weight is 402 g/mol. The highest BCUT2D eigenvalue weighted by atomic mass is 35.5. The van der Waals surface area contributed by atoms with Crippen LogP contribution in [0.1, 0.15) is 10.4 Å². The summed E-state index contributed by atoms with van der Waals surface area (Å²) in [4.78, 5) is 25.3. The number of carbonyl (C=O) groups excluding carboxylic acids is 2. The van der Waals surface area contributed by atoms with Gasteiger partial charge in [-0.1, -0.05) is 11.6 Å². The lowest BCUT2D eigenvalue weighted by Gasteiger charge is -2.29. The molecule has 3 rings (SSSR count). The molecule has 142 valence electrons. The molecule has 2 aromatic rings. The van der Waals surface area contributed by atoms with Gasteiger partial charge in [-0.15, -0.1) is 0 Å². The first-order valence-corrected chi connectivity index (χ1v) is 8.11. The van der Waals surface area contributed by atoms with Gasteiger partial charge in [-0.2, -0.15) is 0 Å². The predicted octanol–water partition coefficient (Wildman–Crippen LogP) is 3.08. The third-order valence-electron chi connectivity index (χ3n) is 3.93. The van der Waals surface area contributed by atoms with E-state index in [0.717, 1.165) is 0 Å². The SMILES string of the molecule is O=C1CN(c2ccc(NC(=O)c3cc(F)c(F)c(F)c3F)cc2Cl)CCN1. The summed E-state index contributed by atoms with van der Waals surface area (Å²) < 4.78 is 53.2. The number of anilines is 2. The van der Waals surface area contributed by atoms with Crippen molar-refractivity contribution in [1.82, 2.24) is 5.32 Å². The number of piperazine rings is 1. The topological polar surface area (TPSA) is 61.4 Å². The van der Waals surface area contributed by atoms with Crippen LogP contribution in [0.2, 0.25) is 5.02 Å². The van der Waals surface area contributed by atoms with Gasteiger partial charge in [0.05, 0.1) is 22.8 Å². The van der Waals surface area contributed by atoms with Crippen molar-refractivity contribution in [3.63, 3.8) is 0 Å². The van der Waals surface area contributed by atoms with Crippen molar-refractivity contribution in [3.05, 3.63) is 58.1 Å². The fraction of sp³-hybridized carbons (Fsp3) is 0.176. The first-order chi connectivity index (χ1) is 12.8. The van der Waals surface area contributed by atoms with Crippen molar-refractivity contribution in [2.75, 3.05) is 29.9 Å². The molecule has 0 unspecified atom stereocenters. The van der Waals surface area contributed by atoms with E-state index in [0.29, 0.717) is 18.8 Å². The molecule has 2 amide bonds. The van der Waals surface area contributed by atoms with Crippen LogP contribution in [0.4, 0.5) is 28.9 Å². The van der Waals surface area contributed by atoms with Gasteiger partial charge in [-0.05, 0) is 24.3 Å². The number of rotatable bonds is 3. The molecule has 0 bridgehead atoms. The number of benzene rings is 2. The number of nitrogens with one attached hydrogen (secondary N) is 2. The van der Waals surface area contributed by atoms with Gasteiger partial charge in [0.1, 0.15) is 0 Å². The lowest BCUT2D eigenvalue weighted by atomic mass is 10.1.